The number of aryl methyl sites for hydroxylation is 6. The molecule has 14 rings (SSSR count). The minimum atomic E-state index is -1.72. The van der Waals surface area contributed by atoms with Crippen LogP contribution in [-0.2, 0) is 70.4 Å². The van der Waals surface area contributed by atoms with E-state index in [1.165, 1.54) is 41.1 Å². The molecule has 0 aliphatic rings. The summed E-state index contributed by atoms with van der Waals surface area (Å²) >= 11 is 15.5. The van der Waals surface area contributed by atoms with Crippen molar-refractivity contribution in [2.45, 2.75) is 72.1 Å². The molecule has 0 aliphatic carbocycles. The predicted molar refractivity (Wildman–Crippen MR) is 467 cm³/mol. The van der Waals surface area contributed by atoms with Crippen molar-refractivity contribution < 1.29 is 87.1 Å². The van der Waals surface area contributed by atoms with Crippen LogP contribution < -0.4 is 34.7 Å². The van der Waals surface area contributed by atoms with Crippen LogP contribution in [0.1, 0.15) is 128 Å². The zero-order valence-corrected chi connectivity index (χ0v) is 71.4. The number of nitrogens with one attached hydrogen (secondary N) is 7. The second-order valence-corrected chi connectivity index (χ2v) is 32.8. The van der Waals surface area contributed by atoms with E-state index < -0.39 is 40.4 Å². The second kappa shape index (κ2) is 54.0. The molecule has 0 radical (unpaired) electrons. The van der Waals surface area contributed by atoms with Crippen LogP contribution in [0.4, 0.5) is 0 Å². The molecular formula is C89H85AlCl6LiN7O16. The number of fused-ring (bicyclic) bond motifs is 2. The number of aromatic nitrogens is 7. The van der Waals surface area contributed by atoms with Crippen molar-refractivity contribution in [3.63, 3.8) is 0 Å². The van der Waals surface area contributed by atoms with Gasteiger partial charge in [-0.3, -0.25) is 19.2 Å². The molecule has 0 atom stereocenters. The van der Waals surface area contributed by atoms with Gasteiger partial charge in [-0.2, -0.15) is 0 Å². The topological polar surface area (TPSA) is 372 Å². The van der Waals surface area contributed by atoms with Crippen molar-refractivity contribution >= 4 is 139 Å². The van der Waals surface area contributed by atoms with Crippen LogP contribution in [-0.4, -0.2) is 123 Å². The third-order valence-corrected chi connectivity index (χ3v) is 17.4. The number of hydrogen-bond donors (Lipinski definition) is 9. The number of aromatic carboxylic acids is 1. The summed E-state index contributed by atoms with van der Waals surface area (Å²) in [5.41, 5.74) is 11.4. The van der Waals surface area contributed by atoms with Gasteiger partial charge in [0.2, 0.25) is 5.24 Å². The maximum absolute atomic E-state index is 12.4. The van der Waals surface area contributed by atoms with E-state index >= 15 is 0 Å². The van der Waals surface area contributed by atoms with Crippen molar-refractivity contribution in [2.24, 2.45) is 0 Å². The summed E-state index contributed by atoms with van der Waals surface area (Å²) in [6, 6.07) is 72.9. The van der Waals surface area contributed by atoms with Gasteiger partial charge < -0.3 is 69.5 Å². The van der Waals surface area contributed by atoms with E-state index in [9.17, 15) is 43.2 Å². The Morgan fingerprint density at radius 1 is 0.392 bits per heavy atom. The number of ether oxygens (including phenoxy) is 4. The van der Waals surface area contributed by atoms with Crippen LogP contribution in [0.25, 0.3) is 21.8 Å². The Balaban J connectivity index is 0.000000253. The molecule has 7 heterocycles. The molecule has 0 spiro atoms. The van der Waals surface area contributed by atoms with Gasteiger partial charge in [0.05, 0.1) is 40.9 Å². The first-order valence-electron chi connectivity index (χ1n) is 36.9. The molecule has 0 unspecified atom stereocenters. The van der Waals surface area contributed by atoms with Crippen molar-refractivity contribution in [1.82, 2.24) is 34.9 Å². The molecule has 0 amide bonds. The van der Waals surface area contributed by atoms with Crippen molar-refractivity contribution in [2.75, 3.05) is 19.8 Å². The summed E-state index contributed by atoms with van der Waals surface area (Å²) in [4.78, 5) is 122. The van der Waals surface area contributed by atoms with Crippen molar-refractivity contribution in [3.8, 4) is 11.5 Å². The van der Waals surface area contributed by atoms with Gasteiger partial charge in [-0.25, -0.2) is 54.1 Å². The van der Waals surface area contributed by atoms with Crippen LogP contribution in [0.5, 0.6) is 11.5 Å². The molecular weight excluding hydrogens is 1670 g/mol. The van der Waals surface area contributed by atoms with Crippen molar-refractivity contribution in [3.05, 3.63) is 377 Å². The number of carbonyl (C=O) groups excluding carboxylic acids is 6. The average molecular weight is 1760 g/mol. The zero-order valence-electron chi connectivity index (χ0n) is 65.7. The number of aromatic amines is 7. The number of halogens is 6. The second-order valence-electron chi connectivity index (χ2n) is 25.2. The van der Waals surface area contributed by atoms with E-state index in [1.807, 2.05) is 128 Å². The first-order chi connectivity index (χ1) is 56.9. The SMILES string of the molecule is CCOC(=O)c1cc(C(=O)Cc2ccccc2)c[nH]1.CCOC(=O)c1cc(CCc2ccccc2)c[nH]1.CCOC(=O)c1ccc[nH]1.O=C(Cl)Cc1ccccc1.O=C(O)c1cc(CCc2ccccc2)c[nH]1.O=C(Oc1cc2c(Cl)cccc2[nH]c1=O)c1cc(CCc2ccccc2)c[nH]1.O=c1[nH]c2cccc(Cl)c2cc1O.[Cl][Al]([Cl])[Cl].[Li+].[OH-]. The molecule has 0 aliphatic heterocycles. The number of hydrogen-bond acceptors (Lipinski definition) is 15. The number of aromatic hydroxyl groups is 1. The van der Waals surface area contributed by atoms with Crippen LogP contribution >= 0.6 is 65.0 Å². The fourth-order valence-corrected chi connectivity index (χ4v) is 11.5. The number of carbonyl (C=O) groups is 7. The average Bonchev–Trinajstić information content (AvgIpc) is 1.80. The summed E-state index contributed by atoms with van der Waals surface area (Å²) < 4.78 is 19.8. The number of Topliss-reactive ketones (excluding diaryl/α,β-unsaturated/α-hetero) is 1. The van der Waals surface area contributed by atoms with Crippen LogP contribution in [0, 0.1) is 0 Å². The van der Waals surface area contributed by atoms with Gasteiger partial charge in [0.15, 0.2) is 17.3 Å². The molecule has 0 fully saturated rings. The molecule has 14 aromatic rings. The number of carboxylic acid groups (broad SMARTS) is 1. The van der Waals surface area contributed by atoms with Gasteiger partial charge in [0, 0.05) is 60.2 Å². The number of pyridine rings is 2. The molecule has 7 aromatic carbocycles. The normalized spacial score (nSPS) is 9.97. The van der Waals surface area contributed by atoms with Gasteiger partial charge in [0.1, 0.15) is 28.5 Å². The van der Waals surface area contributed by atoms with E-state index in [4.69, 9.17) is 94.1 Å². The summed E-state index contributed by atoms with van der Waals surface area (Å²) in [6.07, 6.45) is 14.6. The predicted octanol–water partition coefficient (Wildman–Crippen LogP) is 16.2. The number of carboxylic acids is 1. The Morgan fingerprint density at radius 3 is 1.15 bits per heavy atom. The van der Waals surface area contributed by atoms with E-state index in [0.29, 0.717) is 92.9 Å². The molecule has 0 saturated heterocycles. The third kappa shape index (κ3) is 35.3. The van der Waals surface area contributed by atoms with E-state index in [0.717, 1.165) is 66.3 Å². The van der Waals surface area contributed by atoms with Crippen molar-refractivity contribution in [1.29, 1.82) is 0 Å². The summed E-state index contributed by atoms with van der Waals surface area (Å²) in [5, 5.41) is 19.8. The molecule has 23 nitrogen and oxygen atoms in total. The van der Waals surface area contributed by atoms with E-state index in [2.05, 4.69) is 71.3 Å². The van der Waals surface area contributed by atoms with E-state index in [-0.39, 0.29) is 64.5 Å². The summed E-state index contributed by atoms with van der Waals surface area (Å²) in [5.74, 6) is -3.00. The van der Waals surface area contributed by atoms with Crippen LogP contribution in [0.3, 0.4) is 0 Å². The Kier molecular flexibility index (Phi) is 44.6. The number of rotatable bonds is 23. The van der Waals surface area contributed by atoms with Gasteiger partial charge in [-0.05, 0) is 188 Å². The largest absolute Gasteiger partial charge is 1.00 e. The Hall–Kier alpha value is -11.3. The number of benzene rings is 7. The minimum absolute atomic E-state index is 0. The quantitative estimate of drug-likeness (QED) is 0.00944. The number of ketones is 1. The smallest absolute Gasteiger partial charge is 0.870 e. The standard InChI is InChI=1S/C22H17ClN2O3.C15H15NO3.C15H17NO2.C13H13NO2.C9H6ClNO2.C8H7ClO.C7H9NO2.Al.3ClH.Li.H2O/c23-17-7-4-8-18-16(17)12-20(21(26)25-18)28-22(27)19-11-15(13-24-19)10-9-14-5-2-1-3-6-14;1-2-19-15(18)13-9-12(10-16-13)14(17)8-11-6-4-3-5-7-11;1-2-18-15(17)14-10-13(11-16-14)9-8-12-6-4-3-5-7-12;15-13(16)12-8-11(9-14-12)7-6-10-4-2-1-3-5-10;10-6-2-1-3-7-5(6)4-8(12)9(13)11-7;9-8(10)6-7-4-2-1-3-5-7;1-2-10-7(9)6-4-3-5-8-6;;;;;;/h1-8,11-13,24H,9-10H2,(H,25,26);3-7,9-10,16H,2,8H2,1H3;3-7,10-11,16H,2,8-9H2,1H3;1-5,8-9,14H,6-7H2,(H,15,16);1-4,12H,(H,11,13);1-5H,6H2;3-5,8H,2H2,1H3;;3*1H;;1H2/q;;;;;;;+3;;;;+1;/p-4. The third-order valence-electron chi connectivity index (χ3n) is 16.6. The molecule has 618 valence electrons. The minimum Gasteiger partial charge on any atom is -0.870 e. The Labute approximate surface area is 735 Å². The van der Waals surface area contributed by atoms with Gasteiger partial charge in [-0.1, -0.05) is 187 Å². The zero-order chi connectivity index (χ0) is 85.1. The first kappa shape index (κ1) is 99.2. The van der Waals surface area contributed by atoms with Crippen LogP contribution in [0.2, 0.25) is 10.0 Å². The Morgan fingerprint density at radius 2 is 0.750 bits per heavy atom. The molecule has 0 bridgehead atoms. The maximum Gasteiger partial charge on any atom is 1.00 e. The number of esters is 4. The van der Waals surface area contributed by atoms with Gasteiger partial charge >= 0.3 is 60.1 Å². The molecule has 120 heavy (non-hydrogen) atoms. The summed E-state index contributed by atoms with van der Waals surface area (Å²) in [7, 11) is 14.8. The van der Waals surface area contributed by atoms with Gasteiger partial charge in [0.25, 0.3) is 11.1 Å². The monoisotopic (exact) mass is 1750 g/mol. The van der Waals surface area contributed by atoms with Gasteiger partial charge in [-0.15, -0.1) is 0 Å². The molecule has 31 heteroatoms. The fourth-order valence-electron chi connectivity index (χ4n) is 10.9. The molecule has 7 aromatic heterocycles. The molecule has 10 N–H and O–H groups in total. The fraction of sp³-hybridized carbons (Fsp3) is 0.157. The van der Waals surface area contributed by atoms with E-state index in [1.54, 1.807) is 100 Å². The Bertz CT molecular complexity index is 5600. The molecule has 0 saturated carbocycles. The summed E-state index contributed by atoms with van der Waals surface area (Å²) in [6.45, 7) is 6.44. The maximum atomic E-state index is 12.4. The van der Waals surface area contributed by atoms with Crippen LogP contribution in [0.15, 0.2) is 277 Å². The first-order valence-corrected chi connectivity index (χ1v) is 43.2. The number of H-pyrrole nitrogens is 7.